The maximum atomic E-state index is 6.19. The van der Waals surface area contributed by atoms with Gasteiger partial charge in [0, 0.05) is 12.6 Å². The van der Waals surface area contributed by atoms with Crippen molar-refractivity contribution in [3.63, 3.8) is 0 Å². The second-order valence-electron chi connectivity index (χ2n) is 5.91. The highest BCUT2D eigenvalue weighted by atomic mass is 16.5. The zero-order valence-electron chi connectivity index (χ0n) is 13.1. The smallest absolute Gasteiger partial charge is 0.0776 e. The minimum absolute atomic E-state index is 0.164. The Balaban J connectivity index is 3.42. The Morgan fingerprint density at radius 3 is 1.89 bits per heavy atom. The van der Waals surface area contributed by atoms with Gasteiger partial charge in [0.2, 0.25) is 0 Å². The molecule has 1 unspecified atom stereocenters. The van der Waals surface area contributed by atoms with Gasteiger partial charge in [-0.25, -0.2) is 0 Å². The van der Waals surface area contributed by atoms with Crippen LogP contribution in [0, 0.1) is 0 Å². The lowest BCUT2D eigenvalue weighted by Crippen LogP contribution is -2.45. The van der Waals surface area contributed by atoms with Gasteiger partial charge in [0.1, 0.15) is 0 Å². The highest BCUT2D eigenvalue weighted by molar-refractivity contribution is 4.82. The zero-order valence-corrected chi connectivity index (χ0v) is 13.1. The van der Waals surface area contributed by atoms with Crippen molar-refractivity contribution in [3.05, 3.63) is 0 Å². The van der Waals surface area contributed by atoms with E-state index in [2.05, 4.69) is 20.8 Å². The average molecular weight is 257 g/mol. The number of rotatable bonds is 12. The first-order chi connectivity index (χ1) is 8.54. The molecular weight excluding hydrogens is 222 g/mol. The van der Waals surface area contributed by atoms with Gasteiger partial charge in [0.25, 0.3) is 0 Å². The summed E-state index contributed by atoms with van der Waals surface area (Å²) < 4.78 is 5.69. The van der Waals surface area contributed by atoms with Crippen molar-refractivity contribution < 1.29 is 4.74 Å². The molecule has 2 N–H and O–H groups in total. The number of unbranched alkanes of at least 4 members (excludes halogenated alkanes) is 7. The summed E-state index contributed by atoms with van der Waals surface area (Å²) in [7, 11) is 0. The van der Waals surface area contributed by atoms with Crippen LogP contribution in [-0.2, 0) is 4.74 Å². The van der Waals surface area contributed by atoms with E-state index < -0.39 is 0 Å². The standard InChI is InChI=1S/C16H35NO/c1-5-7-8-9-10-11-12-13-14-15(17)16(3,4)18-6-2/h15H,5-14,17H2,1-4H3. The predicted molar refractivity (Wildman–Crippen MR) is 80.9 cm³/mol. The molecule has 0 aliphatic heterocycles. The maximum Gasteiger partial charge on any atom is 0.0776 e. The van der Waals surface area contributed by atoms with E-state index in [1.807, 2.05) is 6.92 Å². The van der Waals surface area contributed by atoms with Crippen molar-refractivity contribution in [2.45, 2.75) is 97.1 Å². The van der Waals surface area contributed by atoms with Crippen molar-refractivity contribution in [1.82, 2.24) is 0 Å². The lowest BCUT2D eigenvalue weighted by molar-refractivity contribution is -0.0311. The average Bonchev–Trinajstić information content (AvgIpc) is 2.32. The number of nitrogens with two attached hydrogens (primary N) is 1. The fourth-order valence-electron chi connectivity index (χ4n) is 2.32. The second kappa shape index (κ2) is 10.8. The third-order valence-corrected chi connectivity index (χ3v) is 3.78. The summed E-state index contributed by atoms with van der Waals surface area (Å²) in [4.78, 5) is 0. The SMILES string of the molecule is CCCCCCCCCCC(N)C(C)(C)OCC. The van der Waals surface area contributed by atoms with Crippen LogP contribution in [-0.4, -0.2) is 18.2 Å². The molecule has 0 radical (unpaired) electrons. The zero-order chi connectivity index (χ0) is 13.9. The van der Waals surface area contributed by atoms with Gasteiger partial charge in [-0.3, -0.25) is 0 Å². The maximum absolute atomic E-state index is 6.19. The Morgan fingerprint density at radius 1 is 0.889 bits per heavy atom. The van der Waals surface area contributed by atoms with Gasteiger partial charge in [-0.2, -0.15) is 0 Å². The van der Waals surface area contributed by atoms with Gasteiger partial charge in [-0.15, -0.1) is 0 Å². The summed E-state index contributed by atoms with van der Waals surface area (Å²) in [6, 6.07) is 0.164. The van der Waals surface area contributed by atoms with E-state index in [0.717, 1.165) is 13.0 Å². The van der Waals surface area contributed by atoms with E-state index in [9.17, 15) is 0 Å². The highest BCUT2D eigenvalue weighted by Gasteiger charge is 2.25. The molecule has 0 aliphatic carbocycles. The Labute approximate surface area is 115 Å². The van der Waals surface area contributed by atoms with E-state index in [-0.39, 0.29) is 11.6 Å². The molecule has 0 fully saturated rings. The lowest BCUT2D eigenvalue weighted by atomic mass is 9.94. The van der Waals surface area contributed by atoms with E-state index >= 15 is 0 Å². The van der Waals surface area contributed by atoms with Gasteiger partial charge < -0.3 is 10.5 Å². The highest BCUT2D eigenvalue weighted by Crippen LogP contribution is 2.18. The van der Waals surface area contributed by atoms with Crippen molar-refractivity contribution in [2.75, 3.05) is 6.61 Å². The fraction of sp³-hybridized carbons (Fsp3) is 1.00. The summed E-state index contributed by atoms with van der Waals surface area (Å²) in [5.74, 6) is 0. The monoisotopic (exact) mass is 257 g/mol. The predicted octanol–water partition coefficient (Wildman–Crippen LogP) is 4.66. The molecular formula is C16H35NO. The summed E-state index contributed by atoms with van der Waals surface area (Å²) in [6.45, 7) is 9.25. The molecule has 0 aromatic rings. The van der Waals surface area contributed by atoms with Crippen LogP contribution >= 0.6 is 0 Å². The number of ether oxygens (including phenoxy) is 1. The minimum Gasteiger partial charge on any atom is -0.374 e. The largest absolute Gasteiger partial charge is 0.374 e. The van der Waals surface area contributed by atoms with Crippen LogP contribution in [0.5, 0.6) is 0 Å². The van der Waals surface area contributed by atoms with Gasteiger partial charge in [0.05, 0.1) is 5.60 Å². The van der Waals surface area contributed by atoms with Gasteiger partial charge >= 0.3 is 0 Å². The van der Waals surface area contributed by atoms with Crippen LogP contribution in [0.4, 0.5) is 0 Å². The van der Waals surface area contributed by atoms with Crippen LogP contribution in [0.25, 0.3) is 0 Å². The molecule has 0 heterocycles. The first-order valence-electron chi connectivity index (χ1n) is 7.94. The summed E-state index contributed by atoms with van der Waals surface area (Å²) in [6.07, 6.45) is 12.0. The fourth-order valence-corrected chi connectivity index (χ4v) is 2.32. The summed E-state index contributed by atoms with van der Waals surface area (Å²) in [5, 5.41) is 0. The second-order valence-corrected chi connectivity index (χ2v) is 5.91. The Morgan fingerprint density at radius 2 is 1.39 bits per heavy atom. The van der Waals surface area contributed by atoms with E-state index in [0.29, 0.717) is 0 Å². The van der Waals surface area contributed by atoms with Crippen LogP contribution in [0.2, 0.25) is 0 Å². The third-order valence-electron chi connectivity index (χ3n) is 3.78. The molecule has 0 saturated carbocycles. The Hall–Kier alpha value is -0.0800. The molecule has 0 amide bonds. The number of hydrogen-bond acceptors (Lipinski definition) is 2. The molecule has 0 bridgehead atoms. The summed E-state index contributed by atoms with van der Waals surface area (Å²) >= 11 is 0. The van der Waals surface area contributed by atoms with Crippen LogP contribution in [0.1, 0.15) is 85.5 Å². The minimum atomic E-state index is -0.171. The molecule has 0 aliphatic rings. The van der Waals surface area contributed by atoms with E-state index in [1.54, 1.807) is 0 Å². The number of hydrogen-bond donors (Lipinski definition) is 1. The first kappa shape index (κ1) is 17.9. The molecule has 0 rings (SSSR count). The van der Waals surface area contributed by atoms with Gasteiger partial charge in [-0.05, 0) is 27.2 Å². The van der Waals surface area contributed by atoms with Gasteiger partial charge in [0.15, 0.2) is 0 Å². The lowest BCUT2D eigenvalue weighted by Gasteiger charge is -2.31. The molecule has 1 atom stereocenters. The van der Waals surface area contributed by atoms with Crippen LogP contribution in [0.3, 0.4) is 0 Å². The molecule has 110 valence electrons. The molecule has 0 spiro atoms. The van der Waals surface area contributed by atoms with Crippen LogP contribution < -0.4 is 5.73 Å². The molecule has 2 nitrogen and oxygen atoms in total. The molecule has 0 saturated heterocycles. The van der Waals surface area contributed by atoms with E-state index in [1.165, 1.54) is 51.4 Å². The van der Waals surface area contributed by atoms with E-state index in [4.69, 9.17) is 10.5 Å². The Bertz CT molecular complexity index is 180. The quantitative estimate of drug-likeness (QED) is 0.516. The molecule has 0 aromatic carbocycles. The van der Waals surface area contributed by atoms with Crippen LogP contribution in [0.15, 0.2) is 0 Å². The van der Waals surface area contributed by atoms with Crippen molar-refractivity contribution in [3.8, 4) is 0 Å². The topological polar surface area (TPSA) is 35.2 Å². The van der Waals surface area contributed by atoms with Crippen molar-refractivity contribution in [2.24, 2.45) is 5.73 Å². The Kier molecular flexibility index (Phi) is 10.8. The molecule has 18 heavy (non-hydrogen) atoms. The van der Waals surface area contributed by atoms with Crippen molar-refractivity contribution >= 4 is 0 Å². The first-order valence-corrected chi connectivity index (χ1v) is 7.94. The summed E-state index contributed by atoms with van der Waals surface area (Å²) in [5.41, 5.74) is 6.02. The van der Waals surface area contributed by atoms with Gasteiger partial charge in [-0.1, -0.05) is 58.3 Å². The third kappa shape index (κ3) is 8.93. The molecule has 0 aromatic heterocycles. The molecule has 2 heteroatoms. The normalized spacial score (nSPS) is 13.8. The van der Waals surface area contributed by atoms with Crippen molar-refractivity contribution in [1.29, 1.82) is 0 Å².